The Morgan fingerprint density at radius 3 is 2.50 bits per heavy atom. The molecule has 0 bridgehead atoms. The minimum Gasteiger partial charge on any atom is -0.322 e. The van der Waals surface area contributed by atoms with Gasteiger partial charge >= 0.3 is 0 Å². The fraction of sp³-hybridized carbons (Fsp3) is 0.125. The number of nitrogens with zero attached hydrogens (tertiary/aromatic N) is 3. The van der Waals surface area contributed by atoms with Crippen LogP contribution in [0.3, 0.4) is 0 Å². The minimum absolute atomic E-state index is 0.138. The number of carbonyl (C=O) groups excluding carboxylic acids is 1. The highest BCUT2D eigenvalue weighted by atomic mass is 127. The van der Waals surface area contributed by atoms with Crippen molar-refractivity contribution in [3.63, 3.8) is 0 Å². The Morgan fingerprint density at radius 2 is 1.83 bits per heavy atom. The summed E-state index contributed by atoms with van der Waals surface area (Å²) in [5.41, 5.74) is 6.46. The molecule has 2 aromatic heterocycles. The molecule has 0 aliphatic rings. The quantitative estimate of drug-likeness (QED) is 0.364. The standard InChI is InChI=1S/C24H21IN4O/c1-16-13-17(2)29(28-16)15-18-6-8-19(9-7-18)24(30)27-20-10-11-22(25)21(14-20)23-5-3-4-12-26-23/h3-14H,15H2,1-2H3,(H,27,30). The Bertz CT molecular complexity index is 1180. The molecule has 150 valence electrons. The first kappa shape index (κ1) is 20.3. The first-order chi connectivity index (χ1) is 14.5. The average molecular weight is 508 g/mol. The van der Waals surface area contributed by atoms with Gasteiger partial charge in [0.2, 0.25) is 0 Å². The minimum atomic E-state index is -0.138. The van der Waals surface area contributed by atoms with Crippen molar-refractivity contribution < 1.29 is 4.79 Å². The average Bonchev–Trinajstić information content (AvgIpc) is 3.07. The van der Waals surface area contributed by atoms with E-state index < -0.39 is 0 Å². The Hall–Kier alpha value is -3.00. The van der Waals surface area contributed by atoms with Crippen molar-refractivity contribution in [2.45, 2.75) is 20.4 Å². The van der Waals surface area contributed by atoms with Crippen LogP contribution in [0.4, 0.5) is 5.69 Å². The number of rotatable bonds is 5. The Morgan fingerprint density at radius 1 is 1.03 bits per heavy atom. The molecule has 5 nitrogen and oxygen atoms in total. The summed E-state index contributed by atoms with van der Waals surface area (Å²) >= 11 is 2.28. The molecule has 0 saturated carbocycles. The molecule has 30 heavy (non-hydrogen) atoms. The molecular weight excluding hydrogens is 487 g/mol. The van der Waals surface area contributed by atoms with Gasteiger partial charge in [0.1, 0.15) is 0 Å². The number of pyridine rings is 1. The SMILES string of the molecule is Cc1cc(C)n(Cc2ccc(C(=O)Nc3ccc(I)c(-c4ccccn4)c3)cc2)n1. The number of halogens is 1. The van der Waals surface area contributed by atoms with E-state index in [0.717, 1.165) is 37.5 Å². The lowest BCUT2D eigenvalue weighted by molar-refractivity contribution is 0.102. The van der Waals surface area contributed by atoms with E-state index in [0.29, 0.717) is 12.1 Å². The summed E-state index contributed by atoms with van der Waals surface area (Å²) in [6, 6.07) is 21.4. The van der Waals surface area contributed by atoms with E-state index in [4.69, 9.17) is 0 Å². The van der Waals surface area contributed by atoms with Gasteiger partial charge in [0, 0.05) is 32.3 Å². The molecule has 0 fully saturated rings. The summed E-state index contributed by atoms with van der Waals surface area (Å²) in [5.74, 6) is -0.138. The Balaban J connectivity index is 1.48. The molecule has 0 atom stereocenters. The molecule has 6 heteroatoms. The molecule has 4 aromatic rings. The highest BCUT2D eigenvalue weighted by Crippen LogP contribution is 2.27. The number of aromatic nitrogens is 3. The zero-order valence-corrected chi connectivity index (χ0v) is 18.9. The number of anilines is 1. The third kappa shape index (κ3) is 4.59. The zero-order valence-electron chi connectivity index (χ0n) is 16.8. The van der Waals surface area contributed by atoms with Crippen LogP contribution in [0.1, 0.15) is 27.3 Å². The summed E-state index contributed by atoms with van der Waals surface area (Å²) in [6.07, 6.45) is 1.77. The monoisotopic (exact) mass is 508 g/mol. The van der Waals surface area contributed by atoms with Crippen molar-refractivity contribution >= 4 is 34.2 Å². The van der Waals surface area contributed by atoms with Crippen molar-refractivity contribution in [2.24, 2.45) is 0 Å². The second kappa shape index (κ2) is 8.79. The number of hydrogen-bond acceptors (Lipinski definition) is 3. The van der Waals surface area contributed by atoms with E-state index >= 15 is 0 Å². The van der Waals surface area contributed by atoms with Crippen LogP contribution in [0.25, 0.3) is 11.3 Å². The Kier molecular flexibility index (Phi) is 5.94. The lowest BCUT2D eigenvalue weighted by atomic mass is 10.1. The van der Waals surface area contributed by atoms with Crippen molar-refractivity contribution in [2.75, 3.05) is 5.32 Å². The molecule has 0 aliphatic carbocycles. The number of amides is 1. The van der Waals surface area contributed by atoms with E-state index in [-0.39, 0.29) is 5.91 Å². The normalized spacial score (nSPS) is 10.8. The van der Waals surface area contributed by atoms with E-state index in [9.17, 15) is 4.79 Å². The maximum Gasteiger partial charge on any atom is 0.255 e. The molecule has 1 N–H and O–H groups in total. The summed E-state index contributed by atoms with van der Waals surface area (Å²) < 4.78 is 3.05. The van der Waals surface area contributed by atoms with E-state index in [2.05, 4.69) is 44.1 Å². The molecule has 0 radical (unpaired) electrons. The summed E-state index contributed by atoms with van der Waals surface area (Å²) in [6.45, 7) is 4.72. The summed E-state index contributed by atoms with van der Waals surface area (Å²) in [5, 5.41) is 7.48. The van der Waals surface area contributed by atoms with Crippen LogP contribution in [0.5, 0.6) is 0 Å². The third-order valence-corrected chi connectivity index (χ3v) is 5.76. The van der Waals surface area contributed by atoms with Gasteiger partial charge in [-0.3, -0.25) is 14.5 Å². The van der Waals surface area contributed by atoms with Gasteiger partial charge < -0.3 is 5.32 Å². The highest BCUT2D eigenvalue weighted by Gasteiger charge is 2.10. The van der Waals surface area contributed by atoms with Crippen molar-refractivity contribution in [1.82, 2.24) is 14.8 Å². The molecule has 1 amide bonds. The predicted octanol–water partition coefficient (Wildman–Crippen LogP) is 5.47. The van der Waals surface area contributed by atoms with E-state index in [1.54, 1.807) is 6.20 Å². The van der Waals surface area contributed by atoms with Crippen LogP contribution in [0, 0.1) is 17.4 Å². The Labute approximate surface area is 189 Å². The smallest absolute Gasteiger partial charge is 0.255 e. The third-order valence-electron chi connectivity index (χ3n) is 4.82. The lowest BCUT2D eigenvalue weighted by Crippen LogP contribution is -2.12. The van der Waals surface area contributed by atoms with E-state index in [1.807, 2.05) is 79.2 Å². The van der Waals surface area contributed by atoms with Gasteiger partial charge in [0.25, 0.3) is 5.91 Å². The van der Waals surface area contributed by atoms with Gasteiger partial charge in [-0.15, -0.1) is 0 Å². The van der Waals surface area contributed by atoms with Gasteiger partial charge in [0.15, 0.2) is 0 Å². The lowest BCUT2D eigenvalue weighted by Gasteiger charge is -2.10. The van der Waals surface area contributed by atoms with Crippen molar-refractivity contribution in [1.29, 1.82) is 0 Å². The molecule has 4 rings (SSSR count). The topological polar surface area (TPSA) is 59.8 Å². The maximum atomic E-state index is 12.7. The number of nitrogens with one attached hydrogen (secondary N) is 1. The molecule has 2 heterocycles. The molecule has 0 aliphatic heterocycles. The number of hydrogen-bond donors (Lipinski definition) is 1. The van der Waals surface area contributed by atoms with Gasteiger partial charge in [-0.1, -0.05) is 18.2 Å². The maximum absolute atomic E-state index is 12.7. The van der Waals surface area contributed by atoms with Crippen LogP contribution in [0.2, 0.25) is 0 Å². The first-order valence-corrected chi connectivity index (χ1v) is 10.7. The van der Waals surface area contributed by atoms with E-state index in [1.165, 1.54) is 0 Å². The van der Waals surface area contributed by atoms with Crippen LogP contribution in [-0.2, 0) is 6.54 Å². The molecule has 2 aromatic carbocycles. The fourth-order valence-electron chi connectivity index (χ4n) is 3.29. The van der Waals surface area contributed by atoms with Crippen LogP contribution in [0.15, 0.2) is 72.9 Å². The second-order valence-electron chi connectivity index (χ2n) is 7.15. The van der Waals surface area contributed by atoms with Gasteiger partial charge in [-0.05, 0) is 90.5 Å². The second-order valence-corrected chi connectivity index (χ2v) is 8.31. The highest BCUT2D eigenvalue weighted by molar-refractivity contribution is 14.1. The zero-order chi connectivity index (χ0) is 21.1. The van der Waals surface area contributed by atoms with Gasteiger partial charge in [-0.25, -0.2) is 0 Å². The van der Waals surface area contributed by atoms with Crippen molar-refractivity contribution in [3.8, 4) is 11.3 Å². The number of benzene rings is 2. The summed E-state index contributed by atoms with van der Waals surface area (Å²) in [4.78, 5) is 17.1. The predicted molar refractivity (Wildman–Crippen MR) is 128 cm³/mol. The molecular formula is C24H21IN4O. The largest absolute Gasteiger partial charge is 0.322 e. The molecule has 0 unspecified atom stereocenters. The first-order valence-electron chi connectivity index (χ1n) is 9.62. The molecule has 0 spiro atoms. The number of aryl methyl sites for hydroxylation is 2. The molecule has 0 saturated heterocycles. The fourth-order valence-corrected chi connectivity index (χ4v) is 3.91. The van der Waals surface area contributed by atoms with Crippen LogP contribution in [-0.4, -0.2) is 20.7 Å². The van der Waals surface area contributed by atoms with Gasteiger partial charge in [0.05, 0.1) is 17.9 Å². The van der Waals surface area contributed by atoms with Crippen LogP contribution < -0.4 is 5.32 Å². The van der Waals surface area contributed by atoms with Gasteiger partial charge in [-0.2, -0.15) is 5.10 Å². The number of carbonyl (C=O) groups is 1. The van der Waals surface area contributed by atoms with Crippen molar-refractivity contribution in [3.05, 3.63) is 99.0 Å². The van der Waals surface area contributed by atoms with Crippen LogP contribution >= 0.6 is 22.6 Å². The summed E-state index contributed by atoms with van der Waals surface area (Å²) in [7, 11) is 0.